The van der Waals surface area contributed by atoms with E-state index in [-0.39, 0.29) is 16.4 Å². The predicted molar refractivity (Wildman–Crippen MR) is 133 cm³/mol. The van der Waals surface area contributed by atoms with Crippen molar-refractivity contribution in [1.29, 1.82) is 10.8 Å². The minimum atomic E-state index is -0.616. The fraction of sp³-hybridized carbons (Fsp3) is 0.0833. The summed E-state index contributed by atoms with van der Waals surface area (Å²) in [7, 11) is 0. The number of nitrogens with zero attached hydrogens (tertiary/aromatic N) is 1. The largest absolute Gasteiger partial charge is 0.398 e. The molecule has 168 valence electrons. The first-order valence-corrected chi connectivity index (χ1v) is 10.4. The lowest BCUT2D eigenvalue weighted by molar-refractivity contribution is 0.102. The van der Waals surface area contributed by atoms with Gasteiger partial charge in [0.15, 0.2) is 5.84 Å². The fourth-order valence-electron chi connectivity index (χ4n) is 2.99. The van der Waals surface area contributed by atoms with Gasteiger partial charge in [-0.1, -0.05) is 42.8 Å². The van der Waals surface area contributed by atoms with E-state index in [1.165, 1.54) is 18.2 Å². The molecule has 9 heteroatoms. The molecule has 0 spiro atoms. The average molecular weight is 465 g/mol. The molecule has 0 aromatic heterocycles. The van der Waals surface area contributed by atoms with Crippen LogP contribution >= 0.6 is 11.6 Å². The van der Waals surface area contributed by atoms with Crippen LogP contribution in [0.4, 0.5) is 21.5 Å². The summed E-state index contributed by atoms with van der Waals surface area (Å²) < 4.78 is 13.9. The minimum Gasteiger partial charge on any atom is -0.398 e. The number of halogens is 2. The molecule has 1 amide bonds. The quantitative estimate of drug-likeness (QED) is 0.186. The van der Waals surface area contributed by atoms with E-state index in [9.17, 15) is 9.18 Å². The van der Waals surface area contributed by atoms with Crippen molar-refractivity contribution >= 4 is 52.5 Å². The van der Waals surface area contributed by atoms with Crippen LogP contribution in [0, 0.1) is 16.6 Å². The first kappa shape index (κ1) is 23.6. The Hall–Kier alpha value is -4.04. The minimum absolute atomic E-state index is 0.0415. The van der Waals surface area contributed by atoms with Crippen molar-refractivity contribution in [2.45, 2.75) is 13.3 Å². The molecule has 3 rings (SSSR count). The van der Waals surface area contributed by atoms with E-state index in [1.807, 2.05) is 6.92 Å². The number of carbonyl (C=O) groups is 1. The second-order valence-corrected chi connectivity index (χ2v) is 7.35. The van der Waals surface area contributed by atoms with Gasteiger partial charge in [-0.15, -0.1) is 0 Å². The van der Waals surface area contributed by atoms with Gasteiger partial charge in [0.2, 0.25) is 0 Å². The Morgan fingerprint density at radius 1 is 1.15 bits per heavy atom. The molecule has 3 aromatic carbocycles. The van der Waals surface area contributed by atoms with E-state index >= 15 is 0 Å². The van der Waals surface area contributed by atoms with Crippen LogP contribution in [-0.4, -0.2) is 23.8 Å². The Kier molecular flexibility index (Phi) is 7.53. The number of amides is 1. The Morgan fingerprint density at radius 2 is 1.91 bits per heavy atom. The van der Waals surface area contributed by atoms with Gasteiger partial charge in [-0.2, -0.15) is 0 Å². The van der Waals surface area contributed by atoms with E-state index in [4.69, 9.17) is 28.2 Å². The predicted octanol–water partition coefficient (Wildman–Crippen LogP) is 5.56. The maximum absolute atomic E-state index is 13.9. The molecule has 0 unspecified atom stereocenters. The molecular weight excluding hydrogens is 443 g/mol. The van der Waals surface area contributed by atoms with Gasteiger partial charge in [0.1, 0.15) is 11.7 Å². The molecule has 0 radical (unpaired) electrons. The van der Waals surface area contributed by atoms with Crippen molar-refractivity contribution < 1.29 is 9.18 Å². The lowest BCUT2D eigenvalue weighted by Gasteiger charge is -2.13. The van der Waals surface area contributed by atoms with E-state index in [1.54, 1.807) is 42.5 Å². The summed E-state index contributed by atoms with van der Waals surface area (Å²) in [5.74, 6) is -0.769. The Morgan fingerprint density at radius 3 is 2.61 bits per heavy atom. The highest BCUT2D eigenvalue weighted by Gasteiger charge is 2.13. The molecule has 6 N–H and O–H groups in total. The number of nitrogen functional groups attached to an aromatic ring is 1. The third-order valence-corrected chi connectivity index (χ3v) is 5.14. The highest BCUT2D eigenvalue weighted by Crippen LogP contribution is 2.29. The maximum Gasteiger partial charge on any atom is 0.258 e. The molecule has 0 aliphatic carbocycles. The number of aliphatic imine (C=N–C) groups is 1. The number of hydrogen-bond donors (Lipinski definition) is 5. The highest BCUT2D eigenvalue weighted by molar-refractivity contribution is 6.36. The summed E-state index contributed by atoms with van der Waals surface area (Å²) in [5.41, 5.74) is 7.93. The van der Waals surface area contributed by atoms with Crippen LogP contribution in [0.2, 0.25) is 5.02 Å². The van der Waals surface area contributed by atoms with Crippen LogP contribution < -0.4 is 16.4 Å². The summed E-state index contributed by atoms with van der Waals surface area (Å²) in [6.07, 6.45) is 1.56. The molecular formula is C24H22ClFN6O. The van der Waals surface area contributed by atoms with E-state index in [2.05, 4.69) is 15.6 Å². The van der Waals surface area contributed by atoms with Crippen LogP contribution in [-0.2, 0) is 0 Å². The van der Waals surface area contributed by atoms with Gasteiger partial charge in [0.25, 0.3) is 5.91 Å². The summed E-state index contributed by atoms with van der Waals surface area (Å²) >= 11 is 6.33. The smallest absolute Gasteiger partial charge is 0.258 e. The van der Waals surface area contributed by atoms with E-state index in [0.717, 1.165) is 6.21 Å². The zero-order valence-corrected chi connectivity index (χ0v) is 18.5. The zero-order chi connectivity index (χ0) is 24.0. The van der Waals surface area contributed by atoms with Crippen molar-refractivity contribution in [3.63, 3.8) is 0 Å². The van der Waals surface area contributed by atoms with Crippen LogP contribution in [0.15, 0.2) is 65.7 Å². The second kappa shape index (κ2) is 10.5. The van der Waals surface area contributed by atoms with Crippen LogP contribution in [0.25, 0.3) is 0 Å². The molecule has 0 saturated carbocycles. The average Bonchev–Trinajstić information content (AvgIpc) is 2.81. The topological polar surface area (TPSA) is 127 Å². The van der Waals surface area contributed by atoms with Crippen molar-refractivity contribution in [3.05, 3.63) is 88.2 Å². The van der Waals surface area contributed by atoms with Gasteiger partial charge < -0.3 is 21.8 Å². The number of hydrogen-bond acceptors (Lipinski definition) is 4. The fourth-order valence-corrected chi connectivity index (χ4v) is 3.26. The zero-order valence-electron chi connectivity index (χ0n) is 17.7. The second-order valence-electron chi connectivity index (χ2n) is 6.97. The standard InChI is InChI=1S/C24H22ClFN6O/c1-2-21(31-20-11-10-19(28)17(13-27)22(20)25)32-23(29)14-6-5-7-15(12-14)30-24(33)16-8-3-4-9-18(16)26/h3-13,27H,2,28H2,1H3,(H,30,33)(H2,29,31,32). The first-order valence-electron chi connectivity index (χ1n) is 10.0. The summed E-state index contributed by atoms with van der Waals surface area (Å²) in [4.78, 5) is 16.7. The highest BCUT2D eigenvalue weighted by atomic mass is 35.5. The molecule has 7 nitrogen and oxygen atoms in total. The van der Waals surface area contributed by atoms with Gasteiger partial charge >= 0.3 is 0 Å². The van der Waals surface area contributed by atoms with Gasteiger partial charge in [0, 0.05) is 35.1 Å². The van der Waals surface area contributed by atoms with Crippen LogP contribution in [0.5, 0.6) is 0 Å². The molecule has 33 heavy (non-hydrogen) atoms. The Bertz CT molecular complexity index is 1260. The number of amidine groups is 2. The monoisotopic (exact) mass is 464 g/mol. The van der Waals surface area contributed by atoms with E-state index < -0.39 is 11.7 Å². The normalized spacial score (nSPS) is 11.1. The van der Waals surface area contributed by atoms with Crippen molar-refractivity contribution in [1.82, 2.24) is 0 Å². The number of anilines is 3. The molecule has 0 aliphatic heterocycles. The van der Waals surface area contributed by atoms with Crippen molar-refractivity contribution in [2.24, 2.45) is 4.99 Å². The molecule has 3 aromatic rings. The number of nitrogens with two attached hydrogens (primary N) is 1. The number of nitrogens with one attached hydrogen (secondary N) is 4. The third-order valence-electron chi connectivity index (χ3n) is 4.73. The van der Waals surface area contributed by atoms with Gasteiger partial charge in [-0.05, 0) is 36.4 Å². The first-order chi connectivity index (χ1) is 15.8. The third kappa shape index (κ3) is 5.61. The van der Waals surface area contributed by atoms with Crippen molar-refractivity contribution in [2.75, 3.05) is 16.4 Å². The molecule has 0 fully saturated rings. The Balaban J connectivity index is 1.79. The number of carbonyl (C=O) groups excluding carboxylic acids is 1. The van der Waals surface area contributed by atoms with E-state index in [0.29, 0.717) is 40.4 Å². The molecule has 0 bridgehead atoms. The van der Waals surface area contributed by atoms with Crippen LogP contribution in [0.3, 0.4) is 0 Å². The SMILES string of the molecule is CC/C(=N\C(=N)c1cccc(NC(=O)c2ccccc2F)c1)Nc1ccc(N)c(C=N)c1Cl. The van der Waals surface area contributed by atoms with Gasteiger partial charge in [-0.25, -0.2) is 9.38 Å². The summed E-state index contributed by atoms with van der Waals surface area (Å²) in [6.45, 7) is 1.87. The summed E-state index contributed by atoms with van der Waals surface area (Å²) in [6, 6.07) is 15.6. The molecule has 0 heterocycles. The molecule has 0 aliphatic rings. The lowest BCUT2D eigenvalue weighted by atomic mass is 10.1. The summed E-state index contributed by atoms with van der Waals surface area (Å²) in [5, 5.41) is 21.9. The molecule has 0 atom stereocenters. The molecule has 0 saturated heterocycles. The van der Waals surface area contributed by atoms with Gasteiger partial charge in [0.05, 0.1) is 16.3 Å². The number of benzene rings is 3. The van der Waals surface area contributed by atoms with Crippen molar-refractivity contribution in [3.8, 4) is 0 Å². The number of rotatable bonds is 6. The lowest BCUT2D eigenvalue weighted by Crippen LogP contribution is -2.15. The van der Waals surface area contributed by atoms with Crippen LogP contribution in [0.1, 0.15) is 34.8 Å². The Labute approximate surface area is 195 Å². The van der Waals surface area contributed by atoms with Gasteiger partial charge in [-0.3, -0.25) is 10.2 Å². The maximum atomic E-state index is 13.9.